The number of ether oxygens (including phenoxy) is 1. The molecule has 0 atom stereocenters. The number of Topliss-reactive ketones (excluding diaryl/α,β-unsaturated/α-hetero) is 1. The molecule has 0 aromatic heterocycles. The molecule has 1 aliphatic heterocycles. The van der Waals surface area contributed by atoms with Gasteiger partial charge in [0.05, 0.1) is 7.11 Å². The number of likely N-dealkylation sites (tertiary alicyclic amines) is 1. The normalized spacial score (nSPS) is 16.1. The first-order valence-electron chi connectivity index (χ1n) is 6.66. The molecule has 0 radical (unpaired) electrons. The monoisotopic (exact) mass is 279 g/mol. The molecule has 1 heterocycles. The number of rotatable bonds is 2. The van der Waals surface area contributed by atoms with Crippen LogP contribution in [-0.2, 0) is 4.74 Å². The van der Waals surface area contributed by atoms with Crippen LogP contribution in [0.25, 0.3) is 0 Å². The molecule has 108 valence electrons. The van der Waals surface area contributed by atoms with Crippen LogP contribution < -0.4 is 0 Å². The third kappa shape index (κ3) is 2.98. The van der Waals surface area contributed by atoms with Gasteiger partial charge in [-0.1, -0.05) is 0 Å². The Labute approximate surface area is 117 Å². The maximum absolute atomic E-state index is 13.2. The average Bonchev–Trinajstić information content (AvgIpc) is 2.48. The first-order valence-corrected chi connectivity index (χ1v) is 6.66. The van der Waals surface area contributed by atoms with Crippen LogP contribution in [0, 0.1) is 18.7 Å². The van der Waals surface area contributed by atoms with Crippen molar-refractivity contribution in [2.75, 3.05) is 20.2 Å². The summed E-state index contributed by atoms with van der Waals surface area (Å²) in [4.78, 5) is 25.3. The molecule has 1 fully saturated rings. The fourth-order valence-corrected chi connectivity index (χ4v) is 2.49. The third-order valence-corrected chi connectivity index (χ3v) is 3.74. The highest BCUT2D eigenvalue weighted by molar-refractivity contribution is 5.98. The summed E-state index contributed by atoms with van der Waals surface area (Å²) in [5.74, 6) is -0.388. The molecule has 4 nitrogen and oxygen atoms in total. The SMILES string of the molecule is COC(=O)N1CCC(C(=O)c2ccc(F)c(C)c2)CC1. The Morgan fingerprint density at radius 1 is 1.30 bits per heavy atom. The van der Waals surface area contributed by atoms with E-state index in [0.717, 1.165) is 0 Å². The Morgan fingerprint density at radius 2 is 1.95 bits per heavy atom. The highest BCUT2D eigenvalue weighted by Crippen LogP contribution is 2.23. The molecule has 2 rings (SSSR count). The van der Waals surface area contributed by atoms with Crippen LogP contribution >= 0.6 is 0 Å². The Hall–Kier alpha value is -1.91. The van der Waals surface area contributed by atoms with Crippen molar-refractivity contribution in [1.82, 2.24) is 4.90 Å². The smallest absolute Gasteiger partial charge is 0.409 e. The predicted molar refractivity (Wildman–Crippen MR) is 72.2 cm³/mol. The number of amides is 1. The molecule has 1 aromatic rings. The van der Waals surface area contributed by atoms with Crippen LogP contribution in [0.4, 0.5) is 9.18 Å². The number of carbonyl (C=O) groups excluding carboxylic acids is 2. The highest BCUT2D eigenvalue weighted by atomic mass is 19.1. The molecule has 20 heavy (non-hydrogen) atoms. The van der Waals surface area contributed by atoms with Crippen LogP contribution in [0.1, 0.15) is 28.8 Å². The standard InChI is InChI=1S/C15H18FNO3/c1-10-9-12(3-4-13(10)16)14(18)11-5-7-17(8-6-11)15(19)20-2/h3-4,9,11H,5-8H2,1-2H3. The van der Waals surface area contributed by atoms with Crippen molar-refractivity contribution in [3.05, 3.63) is 35.1 Å². The van der Waals surface area contributed by atoms with E-state index in [2.05, 4.69) is 4.74 Å². The van der Waals surface area contributed by atoms with Gasteiger partial charge in [-0.25, -0.2) is 9.18 Å². The zero-order valence-corrected chi connectivity index (χ0v) is 11.7. The van der Waals surface area contributed by atoms with Gasteiger partial charge in [0.2, 0.25) is 0 Å². The number of hydrogen-bond donors (Lipinski definition) is 0. The van der Waals surface area contributed by atoms with Gasteiger partial charge in [-0.15, -0.1) is 0 Å². The Bertz CT molecular complexity index is 522. The molecular formula is C15H18FNO3. The van der Waals surface area contributed by atoms with Crippen molar-refractivity contribution >= 4 is 11.9 Å². The molecule has 1 aromatic carbocycles. The van der Waals surface area contributed by atoms with Crippen molar-refractivity contribution in [2.45, 2.75) is 19.8 Å². The number of piperidine rings is 1. The number of benzene rings is 1. The lowest BCUT2D eigenvalue weighted by Gasteiger charge is -2.30. The van der Waals surface area contributed by atoms with Gasteiger partial charge >= 0.3 is 6.09 Å². The van der Waals surface area contributed by atoms with E-state index in [9.17, 15) is 14.0 Å². The van der Waals surface area contributed by atoms with E-state index in [4.69, 9.17) is 0 Å². The fourth-order valence-electron chi connectivity index (χ4n) is 2.49. The minimum atomic E-state index is -0.353. The minimum Gasteiger partial charge on any atom is -0.453 e. The van der Waals surface area contributed by atoms with Gasteiger partial charge in [-0.3, -0.25) is 4.79 Å². The maximum Gasteiger partial charge on any atom is 0.409 e. The Morgan fingerprint density at radius 3 is 2.50 bits per heavy atom. The number of hydrogen-bond acceptors (Lipinski definition) is 3. The first kappa shape index (κ1) is 14.5. The molecule has 1 saturated heterocycles. The quantitative estimate of drug-likeness (QED) is 0.782. The second-order valence-corrected chi connectivity index (χ2v) is 5.06. The van der Waals surface area contributed by atoms with Crippen molar-refractivity contribution in [3.8, 4) is 0 Å². The average molecular weight is 279 g/mol. The molecule has 0 aliphatic carbocycles. The van der Waals surface area contributed by atoms with Crippen LogP contribution in [0.3, 0.4) is 0 Å². The molecule has 1 amide bonds. The number of ketones is 1. The molecule has 0 saturated carbocycles. The maximum atomic E-state index is 13.2. The van der Waals surface area contributed by atoms with Crippen LogP contribution in [-0.4, -0.2) is 37.0 Å². The summed E-state index contributed by atoms with van der Waals surface area (Å²) < 4.78 is 17.9. The second kappa shape index (κ2) is 6.03. The van der Waals surface area contributed by atoms with Crippen molar-refractivity contribution < 1.29 is 18.7 Å². The summed E-state index contributed by atoms with van der Waals surface area (Å²) in [7, 11) is 1.35. The molecule has 5 heteroatoms. The number of aryl methyl sites for hydroxylation is 1. The lowest BCUT2D eigenvalue weighted by atomic mass is 9.88. The van der Waals surface area contributed by atoms with E-state index in [1.807, 2.05) is 0 Å². The molecule has 0 unspecified atom stereocenters. The van der Waals surface area contributed by atoms with Crippen LogP contribution in [0.2, 0.25) is 0 Å². The molecule has 1 aliphatic rings. The summed E-state index contributed by atoms with van der Waals surface area (Å²) in [5.41, 5.74) is 1.02. The zero-order chi connectivity index (χ0) is 14.7. The molecule has 0 spiro atoms. The van der Waals surface area contributed by atoms with Gasteiger partial charge in [0, 0.05) is 24.6 Å². The summed E-state index contributed by atoms with van der Waals surface area (Å²) in [6.07, 6.45) is 0.878. The van der Waals surface area contributed by atoms with E-state index in [-0.39, 0.29) is 23.6 Å². The lowest BCUT2D eigenvalue weighted by molar-refractivity contribution is 0.0793. The van der Waals surface area contributed by atoms with Crippen LogP contribution in [0.5, 0.6) is 0 Å². The Kier molecular flexibility index (Phi) is 4.37. The molecular weight excluding hydrogens is 261 g/mol. The highest BCUT2D eigenvalue weighted by Gasteiger charge is 2.28. The largest absolute Gasteiger partial charge is 0.453 e. The van der Waals surface area contributed by atoms with E-state index < -0.39 is 0 Å². The van der Waals surface area contributed by atoms with Gasteiger partial charge in [0.25, 0.3) is 0 Å². The lowest BCUT2D eigenvalue weighted by Crippen LogP contribution is -2.40. The zero-order valence-electron chi connectivity index (χ0n) is 11.7. The predicted octanol–water partition coefficient (Wildman–Crippen LogP) is 2.80. The summed E-state index contributed by atoms with van der Waals surface area (Å²) >= 11 is 0. The van der Waals surface area contributed by atoms with Crippen molar-refractivity contribution in [2.24, 2.45) is 5.92 Å². The van der Waals surface area contributed by atoms with Gasteiger partial charge in [0.1, 0.15) is 5.82 Å². The minimum absolute atomic E-state index is 0.0256. The van der Waals surface area contributed by atoms with Crippen LogP contribution in [0.15, 0.2) is 18.2 Å². The van der Waals surface area contributed by atoms with Gasteiger partial charge in [0.15, 0.2) is 5.78 Å². The van der Waals surface area contributed by atoms with Gasteiger partial charge < -0.3 is 9.64 Å². The van der Waals surface area contributed by atoms with Crippen molar-refractivity contribution in [1.29, 1.82) is 0 Å². The molecule has 0 N–H and O–H groups in total. The number of halogens is 1. The van der Waals surface area contributed by atoms with Gasteiger partial charge in [-0.05, 0) is 43.5 Å². The van der Waals surface area contributed by atoms with E-state index in [1.165, 1.54) is 19.2 Å². The number of methoxy groups -OCH3 is 1. The first-order chi connectivity index (χ1) is 9.52. The topological polar surface area (TPSA) is 46.6 Å². The van der Waals surface area contributed by atoms with Gasteiger partial charge in [-0.2, -0.15) is 0 Å². The molecule has 0 bridgehead atoms. The summed E-state index contributed by atoms with van der Waals surface area (Å²) in [6, 6.07) is 4.44. The Balaban J connectivity index is 2.01. The van der Waals surface area contributed by atoms with E-state index >= 15 is 0 Å². The number of carbonyl (C=O) groups is 2. The van der Waals surface area contributed by atoms with E-state index in [1.54, 1.807) is 17.9 Å². The fraction of sp³-hybridized carbons (Fsp3) is 0.467. The summed E-state index contributed by atoms with van der Waals surface area (Å²) in [6.45, 7) is 2.68. The second-order valence-electron chi connectivity index (χ2n) is 5.06. The number of nitrogens with zero attached hydrogens (tertiary/aromatic N) is 1. The van der Waals surface area contributed by atoms with Crippen molar-refractivity contribution in [3.63, 3.8) is 0 Å². The third-order valence-electron chi connectivity index (χ3n) is 3.74. The summed E-state index contributed by atoms with van der Waals surface area (Å²) in [5, 5.41) is 0. The van der Waals surface area contributed by atoms with E-state index in [0.29, 0.717) is 37.1 Å².